The van der Waals surface area contributed by atoms with Crippen molar-refractivity contribution in [1.82, 2.24) is 14.9 Å². The number of benzene rings is 2. The van der Waals surface area contributed by atoms with Gasteiger partial charge in [-0.1, -0.05) is 50.2 Å². The van der Waals surface area contributed by atoms with Crippen LogP contribution < -0.4 is 10.0 Å². The maximum atomic E-state index is 12.9. The molecule has 7 nitrogen and oxygen atoms in total. The van der Waals surface area contributed by atoms with Crippen molar-refractivity contribution in [3.05, 3.63) is 65.2 Å². The van der Waals surface area contributed by atoms with Crippen LogP contribution in [-0.4, -0.2) is 44.3 Å². The second-order valence-corrected chi connectivity index (χ2v) is 10.3. The number of hydrogen-bond acceptors (Lipinski definition) is 4. The van der Waals surface area contributed by atoms with E-state index >= 15 is 0 Å². The van der Waals surface area contributed by atoms with Gasteiger partial charge in [0.15, 0.2) is 0 Å². The van der Waals surface area contributed by atoms with Crippen molar-refractivity contribution in [3.8, 4) is 0 Å². The molecule has 2 aromatic carbocycles. The van der Waals surface area contributed by atoms with E-state index in [2.05, 4.69) is 10.0 Å². The minimum absolute atomic E-state index is 0.0380. The summed E-state index contributed by atoms with van der Waals surface area (Å²) < 4.78 is 28.1. The largest absolute Gasteiger partial charge is 0.349 e. The maximum Gasteiger partial charge on any atom is 0.251 e. The van der Waals surface area contributed by atoms with E-state index in [0.717, 1.165) is 5.56 Å². The van der Waals surface area contributed by atoms with Gasteiger partial charge in [0.25, 0.3) is 5.91 Å². The van der Waals surface area contributed by atoms with E-state index in [0.29, 0.717) is 37.1 Å². The number of sulfonamides is 1. The molecule has 2 amide bonds. The van der Waals surface area contributed by atoms with Crippen LogP contribution in [-0.2, 0) is 21.4 Å². The summed E-state index contributed by atoms with van der Waals surface area (Å²) in [6, 6.07) is 13.8. The summed E-state index contributed by atoms with van der Waals surface area (Å²) in [5.74, 6) is -0.202. The zero-order valence-electron chi connectivity index (χ0n) is 18.8. The van der Waals surface area contributed by atoms with Crippen LogP contribution in [0.15, 0.2) is 53.4 Å². The van der Waals surface area contributed by atoms with Crippen molar-refractivity contribution >= 4 is 21.8 Å². The van der Waals surface area contributed by atoms with Gasteiger partial charge in [0, 0.05) is 37.2 Å². The molecule has 2 aromatic rings. The fourth-order valence-electron chi connectivity index (χ4n) is 3.74. The highest BCUT2D eigenvalue weighted by Crippen LogP contribution is 2.18. The van der Waals surface area contributed by atoms with E-state index in [-0.39, 0.29) is 35.2 Å². The molecule has 1 fully saturated rings. The molecule has 0 unspecified atom stereocenters. The lowest BCUT2D eigenvalue weighted by atomic mass is 10.0. The van der Waals surface area contributed by atoms with Gasteiger partial charge in [-0.25, -0.2) is 13.1 Å². The molecule has 1 saturated heterocycles. The smallest absolute Gasteiger partial charge is 0.251 e. The topological polar surface area (TPSA) is 95.6 Å². The van der Waals surface area contributed by atoms with E-state index < -0.39 is 10.0 Å². The van der Waals surface area contributed by atoms with E-state index in [1.54, 1.807) is 13.0 Å². The van der Waals surface area contributed by atoms with E-state index in [1.807, 2.05) is 49.1 Å². The molecule has 0 atom stereocenters. The third-order valence-electron chi connectivity index (χ3n) is 5.71. The second kappa shape index (κ2) is 10.3. The quantitative estimate of drug-likeness (QED) is 0.668. The molecule has 0 bridgehead atoms. The molecule has 3 rings (SSSR count). The van der Waals surface area contributed by atoms with Gasteiger partial charge in [0.05, 0.1) is 4.90 Å². The first-order chi connectivity index (χ1) is 15.2. The fourth-order valence-corrected chi connectivity index (χ4v) is 4.79. The van der Waals surface area contributed by atoms with Gasteiger partial charge >= 0.3 is 0 Å². The van der Waals surface area contributed by atoms with Crippen LogP contribution in [0.25, 0.3) is 0 Å². The number of nitrogens with zero attached hydrogens (tertiary/aromatic N) is 1. The van der Waals surface area contributed by atoms with Crippen LogP contribution in [0.4, 0.5) is 0 Å². The zero-order chi connectivity index (χ0) is 23.3. The Morgan fingerprint density at radius 1 is 1.06 bits per heavy atom. The van der Waals surface area contributed by atoms with E-state index in [9.17, 15) is 18.0 Å². The highest BCUT2D eigenvalue weighted by atomic mass is 32.2. The van der Waals surface area contributed by atoms with Crippen LogP contribution in [0.3, 0.4) is 0 Å². The van der Waals surface area contributed by atoms with Crippen molar-refractivity contribution < 1.29 is 18.0 Å². The third kappa shape index (κ3) is 5.95. The normalized spacial score (nSPS) is 15.1. The summed E-state index contributed by atoms with van der Waals surface area (Å²) in [6.45, 7) is 6.94. The van der Waals surface area contributed by atoms with Crippen molar-refractivity contribution in [2.24, 2.45) is 5.92 Å². The first-order valence-corrected chi connectivity index (χ1v) is 12.4. The number of likely N-dealkylation sites (tertiary alicyclic amines) is 1. The van der Waals surface area contributed by atoms with E-state index in [4.69, 9.17) is 0 Å². The number of amides is 2. The summed E-state index contributed by atoms with van der Waals surface area (Å²) >= 11 is 0. The number of aryl methyl sites for hydroxylation is 1. The molecule has 0 saturated carbocycles. The number of nitrogens with one attached hydrogen (secondary N) is 2. The lowest BCUT2D eigenvalue weighted by Gasteiger charge is -2.33. The Kier molecular flexibility index (Phi) is 7.69. The van der Waals surface area contributed by atoms with E-state index in [1.165, 1.54) is 12.1 Å². The Morgan fingerprint density at radius 2 is 1.72 bits per heavy atom. The lowest BCUT2D eigenvalue weighted by molar-refractivity contribution is -0.135. The molecule has 1 aliphatic rings. The number of piperidine rings is 1. The monoisotopic (exact) mass is 457 g/mol. The van der Waals surface area contributed by atoms with Gasteiger partial charge in [-0.2, -0.15) is 0 Å². The first-order valence-electron chi connectivity index (χ1n) is 10.9. The van der Waals surface area contributed by atoms with Crippen LogP contribution in [0.5, 0.6) is 0 Å². The number of carbonyl (C=O) groups is 2. The molecule has 172 valence electrons. The molecule has 32 heavy (non-hydrogen) atoms. The molecule has 0 aromatic heterocycles. The van der Waals surface area contributed by atoms with Gasteiger partial charge in [0.2, 0.25) is 15.9 Å². The molecule has 0 spiro atoms. The third-order valence-corrected chi connectivity index (χ3v) is 7.11. The molecule has 0 radical (unpaired) electrons. The Hall–Kier alpha value is -2.71. The minimum atomic E-state index is -3.76. The summed E-state index contributed by atoms with van der Waals surface area (Å²) in [4.78, 5) is 26.9. The highest BCUT2D eigenvalue weighted by Gasteiger charge is 2.26. The predicted octanol–water partition coefficient (Wildman–Crippen LogP) is 2.85. The van der Waals surface area contributed by atoms with Crippen molar-refractivity contribution in [1.29, 1.82) is 0 Å². The Balaban J connectivity index is 1.65. The van der Waals surface area contributed by atoms with Gasteiger partial charge in [-0.15, -0.1) is 0 Å². The Bertz CT molecular complexity index is 1060. The molecular weight excluding hydrogens is 426 g/mol. The SMILES string of the molecule is Cc1ccc(S(=O)(=O)NCc2ccccc2)cc1C(=O)NC1CCN(C(=O)C(C)C)CC1. The van der Waals surface area contributed by atoms with Crippen LogP contribution >= 0.6 is 0 Å². The number of hydrogen-bond donors (Lipinski definition) is 2. The zero-order valence-corrected chi connectivity index (χ0v) is 19.6. The minimum Gasteiger partial charge on any atom is -0.349 e. The van der Waals surface area contributed by atoms with Gasteiger partial charge in [0.1, 0.15) is 0 Å². The van der Waals surface area contributed by atoms with Crippen LogP contribution in [0.2, 0.25) is 0 Å². The first kappa shape index (κ1) is 23.9. The second-order valence-electron chi connectivity index (χ2n) is 8.51. The molecular formula is C24H31N3O4S. The summed E-state index contributed by atoms with van der Waals surface area (Å²) in [5, 5.41) is 3.01. The van der Waals surface area contributed by atoms with Crippen LogP contribution in [0.1, 0.15) is 48.2 Å². The van der Waals surface area contributed by atoms with Gasteiger partial charge < -0.3 is 10.2 Å². The molecule has 8 heteroatoms. The lowest BCUT2D eigenvalue weighted by Crippen LogP contribution is -2.47. The average Bonchev–Trinajstić information content (AvgIpc) is 2.78. The van der Waals surface area contributed by atoms with Gasteiger partial charge in [-0.3, -0.25) is 9.59 Å². The number of rotatable bonds is 7. The standard InChI is InChI=1S/C24H31N3O4S/c1-17(2)24(29)27-13-11-20(12-14-27)26-23(28)22-15-21(10-9-18(22)3)32(30,31)25-16-19-7-5-4-6-8-19/h4-10,15,17,20,25H,11-14,16H2,1-3H3,(H,26,28). The van der Waals surface area contributed by atoms with Crippen molar-refractivity contribution in [2.45, 2.75) is 51.1 Å². The Morgan fingerprint density at radius 3 is 2.34 bits per heavy atom. The summed E-state index contributed by atoms with van der Waals surface area (Å²) in [7, 11) is -3.76. The molecule has 0 aliphatic carbocycles. The van der Waals surface area contributed by atoms with Crippen LogP contribution in [0, 0.1) is 12.8 Å². The number of carbonyl (C=O) groups excluding carboxylic acids is 2. The van der Waals surface area contributed by atoms with Crippen molar-refractivity contribution in [3.63, 3.8) is 0 Å². The fraction of sp³-hybridized carbons (Fsp3) is 0.417. The predicted molar refractivity (Wildman–Crippen MR) is 124 cm³/mol. The molecule has 1 aliphatic heterocycles. The molecule has 1 heterocycles. The molecule has 2 N–H and O–H groups in total. The summed E-state index contributed by atoms with van der Waals surface area (Å²) in [5.41, 5.74) is 1.90. The van der Waals surface area contributed by atoms with Crippen molar-refractivity contribution in [2.75, 3.05) is 13.1 Å². The highest BCUT2D eigenvalue weighted by molar-refractivity contribution is 7.89. The van der Waals surface area contributed by atoms with Gasteiger partial charge in [-0.05, 0) is 43.0 Å². The summed E-state index contributed by atoms with van der Waals surface area (Å²) in [6.07, 6.45) is 1.36. The Labute approximate surface area is 190 Å². The maximum absolute atomic E-state index is 12.9. The average molecular weight is 458 g/mol.